The fraction of sp³-hybridized carbons (Fsp3) is 0.625. The first-order valence-corrected chi connectivity index (χ1v) is 11.0. The summed E-state index contributed by atoms with van der Waals surface area (Å²) in [6, 6.07) is 0. The summed E-state index contributed by atoms with van der Waals surface area (Å²) in [5, 5.41) is 2.90. The fourth-order valence-corrected chi connectivity index (χ4v) is 2.98. The summed E-state index contributed by atoms with van der Waals surface area (Å²) in [6.07, 6.45) is 10.0. The second-order valence-corrected chi connectivity index (χ2v) is 8.99. The Balaban J connectivity index is 2.43. The lowest BCUT2D eigenvalue weighted by molar-refractivity contribution is -0.137. The first-order chi connectivity index (χ1) is 14.9. The number of hydrogen-bond donors (Lipinski definition) is 1. The molecule has 2 amide bonds. The van der Waals surface area contributed by atoms with Crippen molar-refractivity contribution in [1.82, 2.24) is 10.2 Å². The number of carbonyl (C=O) groups excluding carboxylic acids is 3. The van der Waals surface area contributed by atoms with Crippen molar-refractivity contribution < 1.29 is 28.6 Å². The quantitative estimate of drug-likeness (QED) is 0.249. The van der Waals surface area contributed by atoms with Gasteiger partial charge in [0.2, 0.25) is 5.91 Å². The normalized spacial score (nSPS) is 19.6. The first-order valence-electron chi connectivity index (χ1n) is 11.0. The van der Waals surface area contributed by atoms with E-state index in [1.807, 2.05) is 32.9 Å². The van der Waals surface area contributed by atoms with Crippen LogP contribution < -0.4 is 5.32 Å². The van der Waals surface area contributed by atoms with Gasteiger partial charge in [0.15, 0.2) is 0 Å². The van der Waals surface area contributed by atoms with E-state index >= 15 is 0 Å². The number of nitrogens with zero attached hydrogens (tertiary/aromatic N) is 1. The predicted octanol–water partition coefficient (Wildman–Crippen LogP) is 3.73. The van der Waals surface area contributed by atoms with Gasteiger partial charge < -0.3 is 19.5 Å². The Morgan fingerprint density at radius 2 is 1.84 bits per heavy atom. The zero-order chi connectivity index (χ0) is 24.4. The number of nitrogens with one attached hydrogen (secondary N) is 1. The lowest BCUT2D eigenvalue weighted by Crippen LogP contribution is -2.46. The Bertz CT molecular complexity index is 733. The van der Waals surface area contributed by atoms with Gasteiger partial charge in [-0.05, 0) is 48.0 Å². The number of ether oxygens (including phenoxy) is 3. The third-order valence-electron chi connectivity index (χ3n) is 4.64. The van der Waals surface area contributed by atoms with E-state index in [1.165, 1.54) is 11.0 Å². The average molecular weight is 451 g/mol. The van der Waals surface area contributed by atoms with Crippen LogP contribution in [-0.2, 0) is 23.8 Å². The Labute approximate surface area is 191 Å². The van der Waals surface area contributed by atoms with Gasteiger partial charge in [0, 0.05) is 12.6 Å². The molecule has 0 unspecified atom stereocenters. The van der Waals surface area contributed by atoms with Crippen molar-refractivity contribution >= 4 is 18.0 Å². The molecular weight excluding hydrogens is 412 g/mol. The minimum atomic E-state index is -0.849. The maximum absolute atomic E-state index is 12.5. The largest absolute Gasteiger partial charge is 0.463 e. The highest BCUT2D eigenvalue weighted by Gasteiger charge is 2.46. The van der Waals surface area contributed by atoms with Gasteiger partial charge in [-0.25, -0.2) is 9.59 Å². The molecule has 32 heavy (non-hydrogen) atoms. The average Bonchev–Trinajstić information content (AvgIpc) is 3.00. The number of amides is 2. The van der Waals surface area contributed by atoms with E-state index in [2.05, 4.69) is 5.32 Å². The zero-order valence-electron chi connectivity index (χ0n) is 20.3. The van der Waals surface area contributed by atoms with Crippen LogP contribution in [0.15, 0.2) is 36.5 Å². The predicted molar refractivity (Wildman–Crippen MR) is 123 cm³/mol. The number of carbonyl (C=O) groups is 3. The van der Waals surface area contributed by atoms with Crippen LogP contribution in [0.4, 0.5) is 4.79 Å². The van der Waals surface area contributed by atoms with Gasteiger partial charge in [-0.1, -0.05) is 37.3 Å². The molecule has 0 aromatic rings. The van der Waals surface area contributed by atoms with Crippen molar-refractivity contribution in [1.29, 1.82) is 0 Å². The molecule has 0 aromatic carbocycles. The summed E-state index contributed by atoms with van der Waals surface area (Å²) in [6.45, 7) is 13.7. The van der Waals surface area contributed by atoms with Gasteiger partial charge in [0.25, 0.3) is 0 Å². The second kappa shape index (κ2) is 12.4. The third-order valence-corrected chi connectivity index (χ3v) is 4.64. The molecule has 1 rings (SSSR count). The molecule has 1 aliphatic heterocycles. The summed E-state index contributed by atoms with van der Waals surface area (Å²) < 4.78 is 16.2. The van der Waals surface area contributed by atoms with Gasteiger partial charge >= 0.3 is 12.1 Å². The Kier molecular flexibility index (Phi) is 10.7. The smallest absolute Gasteiger partial charge is 0.412 e. The molecule has 0 saturated carbocycles. The number of esters is 1. The molecule has 180 valence electrons. The summed E-state index contributed by atoms with van der Waals surface area (Å²) in [4.78, 5) is 37.7. The summed E-state index contributed by atoms with van der Waals surface area (Å²) in [5.74, 6) is -0.918. The molecule has 1 heterocycles. The SMILES string of the molecule is CCOC(=O)/C=C/C=C/C=C/CCNC(=O)[C@@H](C)[C@@H]1CN(C(=O)OC(C)(C)C)C(C)(C)O1. The van der Waals surface area contributed by atoms with E-state index in [-0.39, 0.29) is 11.9 Å². The summed E-state index contributed by atoms with van der Waals surface area (Å²) in [5.41, 5.74) is -1.45. The molecule has 0 spiro atoms. The molecule has 0 bridgehead atoms. The molecule has 8 heteroatoms. The second-order valence-electron chi connectivity index (χ2n) is 8.99. The molecule has 0 aliphatic carbocycles. The minimum absolute atomic E-state index is 0.127. The third kappa shape index (κ3) is 9.68. The van der Waals surface area contributed by atoms with Crippen molar-refractivity contribution in [2.24, 2.45) is 5.92 Å². The number of rotatable bonds is 9. The molecule has 1 fully saturated rings. The molecule has 1 N–H and O–H groups in total. The van der Waals surface area contributed by atoms with Crippen molar-refractivity contribution in [3.63, 3.8) is 0 Å². The van der Waals surface area contributed by atoms with Gasteiger partial charge in [-0.15, -0.1) is 0 Å². The summed E-state index contributed by atoms with van der Waals surface area (Å²) >= 11 is 0. The Morgan fingerprint density at radius 1 is 1.19 bits per heavy atom. The van der Waals surface area contributed by atoms with Crippen LogP contribution in [0.5, 0.6) is 0 Å². The van der Waals surface area contributed by atoms with Crippen LogP contribution in [-0.4, -0.2) is 60.0 Å². The van der Waals surface area contributed by atoms with Gasteiger partial charge in [0.05, 0.1) is 25.2 Å². The van der Waals surface area contributed by atoms with Crippen LogP contribution in [0.3, 0.4) is 0 Å². The van der Waals surface area contributed by atoms with Crippen LogP contribution in [0, 0.1) is 5.92 Å². The lowest BCUT2D eigenvalue weighted by atomic mass is 10.0. The van der Waals surface area contributed by atoms with E-state index in [0.29, 0.717) is 26.1 Å². The maximum Gasteiger partial charge on any atom is 0.412 e. The molecule has 1 aliphatic rings. The highest BCUT2D eigenvalue weighted by Crippen LogP contribution is 2.31. The van der Waals surface area contributed by atoms with Gasteiger partial charge in [-0.3, -0.25) is 9.69 Å². The summed E-state index contributed by atoms with van der Waals surface area (Å²) in [7, 11) is 0. The molecular formula is C24H38N2O6. The lowest BCUT2D eigenvalue weighted by Gasteiger charge is -2.31. The van der Waals surface area contributed by atoms with Crippen molar-refractivity contribution in [2.75, 3.05) is 19.7 Å². The fourth-order valence-electron chi connectivity index (χ4n) is 2.98. The first kappa shape index (κ1) is 27.4. The van der Waals surface area contributed by atoms with E-state index in [0.717, 1.165) is 0 Å². The van der Waals surface area contributed by atoms with Crippen molar-refractivity contribution in [2.45, 2.75) is 72.3 Å². The van der Waals surface area contributed by atoms with Gasteiger partial charge in [0.1, 0.15) is 11.3 Å². The van der Waals surface area contributed by atoms with Crippen molar-refractivity contribution in [3.05, 3.63) is 36.5 Å². The molecule has 8 nitrogen and oxygen atoms in total. The minimum Gasteiger partial charge on any atom is -0.463 e. The van der Waals surface area contributed by atoms with Crippen molar-refractivity contribution in [3.8, 4) is 0 Å². The van der Waals surface area contributed by atoms with Crippen LogP contribution in [0.1, 0.15) is 54.9 Å². The van der Waals surface area contributed by atoms with Crippen LogP contribution in [0.2, 0.25) is 0 Å². The molecule has 0 aromatic heterocycles. The highest BCUT2D eigenvalue weighted by molar-refractivity contribution is 5.82. The standard InChI is InChI=1S/C24H38N2O6/c1-8-30-20(27)15-13-11-9-10-12-14-16-25-21(28)18(2)19-17-26(24(6,7)31-19)22(29)32-23(3,4)5/h9-13,15,18-19H,8,14,16-17H2,1-7H3,(H,25,28)/b11-9+,12-10+,15-13+/t18-,19-/m0/s1. The van der Waals surface area contributed by atoms with Crippen LogP contribution in [0.25, 0.3) is 0 Å². The van der Waals surface area contributed by atoms with E-state index in [9.17, 15) is 14.4 Å². The van der Waals surface area contributed by atoms with Gasteiger partial charge in [-0.2, -0.15) is 0 Å². The number of hydrogen-bond acceptors (Lipinski definition) is 6. The zero-order valence-corrected chi connectivity index (χ0v) is 20.3. The Hall–Kier alpha value is -2.61. The van der Waals surface area contributed by atoms with E-state index in [1.54, 1.807) is 45.9 Å². The maximum atomic E-state index is 12.5. The highest BCUT2D eigenvalue weighted by atomic mass is 16.6. The van der Waals surface area contributed by atoms with E-state index in [4.69, 9.17) is 14.2 Å². The molecule has 0 radical (unpaired) electrons. The number of allylic oxidation sites excluding steroid dienone is 4. The molecule has 1 saturated heterocycles. The van der Waals surface area contributed by atoms with Crippen LogP contribution >= 0.6 is 0 Å². The monoisotopic (exact) mass is 450 g/mol. The topological polar surface area (TPSA) is 94.2 Å². The molecule has 2 atom stereocenters. The van der Waals surface area contributed by atoms with E-state index < -0.39 is 29.4 Å². The Morgan fingerprint density at radius 3 is 2.47 bits per heavy atom.